The Morgan fingerprint density at radius 3 is 2.60 bits per heavy atom. The molecule has 3 atom stereocenters. The van der Waals surface area contributed by atoms with Gasteiger partial charge in [0.1, 0.15) is 16.7 Å². The minimum atomic E-state index is -3.87. The molecule has 1 aliphatic rings. The van der Waals surface area contributed by atoms with Crippen LogP contribution >= 0.6 is 0 Å². The van der Waals surface area contributed by atoms with Crippen molar-refractivity contribution >= 4 is 10.0 Å². The molecule has 0 saturated heterocycles. The maximum Gasteiger partial charge on any atom is 0.247 e. The molecule has 0 unspecified atom stereocenters. The van der Waals surface area contributed by atoms with Crippen molar-refractivity contribution in [3.63, 3.8) is 0 Å². The van der Waals surface area contributed by atoms with Crippen molar-refractivity contribution < 1.29 is 18.3 Å². The summed E-state index contributed by atoms with van der Waals surface area (Å²) >= 11 is 0. The number of likely N-dealkylation sites (N-methyl/N-ethyl adjacent to an activating group) is 1. The summed E-state index contributed by atoms with van der Waals surface area (Å²) < 4.78 is 35.0. The first kappa shape index (κ1) is 27.1. The van der Waals surface area contributed by atoms with Gasteiger partial charge in [-0.3, -0.25) is 14.8 Å². The molecule has 35 heavy (non-hydrogen) atoms. The van der Waals surface area contributed by atoms with Gasteiger partial charge < -0.3 is 9.84 Å². The van der Waals surface area contributed by atoms with Crippen LogP contribution in [0.15, 0.2) is 47.6 Å². The molecule has 2 aromatic rings. The summed E-state index contributed by atoms with van der Waals surface area (Å²) in [5, 5.41) is 9.80. The molecule has 3 rings (SSSR count). The Bertz CT molecular complexity index is 1140. The lowest BCUT2D eigenvalue weighted by atomic mass is 10.0. The lowest BCUT2D eigenvalue weighted by molar-refractivity contribution is 0.0733. The third-order valence-corrected chi connectivity index (χ3v) is 8.01. The van der Waals surface area contributed by atoms with Crippen molar-refractivity contribution in [2.24, 2.45) is 5.92 Å². The summed E-state index contributed by atoms with van der Waals surface area (Å²) in [5.41, 5.74) is 1.83. The van der Waals surface area contributed by atoms with Crippen LogP contribution < -0.4 is 4.74 Å². The number of aromatic nitrogens is 1. The fraction of sp³-hybridized carbons (Fsp3) is 0.500. The largest absolute Gasteiger partial charge is 0.487 e. The van der Waals surface area contributed by atoms with E-state index in [2.05, 4.69) is 21.7 Å². The number of sulfonamides is 1. The number of rotatable bonds is 7. The van der Waals surface area contributed by atoms with E-state index >= 15 is 0 Å². The number of aliphatic hydroxyl groups is 1. The van der Waals surface area contributed by atoms with Crippen LogP contribution in [0.4, 0.5) is 0 Å². The van der Waals surface area contributed by atoms with Gasteiger partial charge in [0.05, 0.1) is 13.2 Å². The monoisotopic (exact) mass is 500 g/mol. The van der Waals surface area contributed by atoms with E-state index in [-0.39, 0.29) is 30.1 Å². The van der Waals surface area contributed by atoms with E-state index in [0.29, 0.717) is 30.9 Å². The number of ether oxygens (including phenoxy) is 1. The van der Waals surface area contributed by atoms with Gasteiger partial charge in [-0.1, -0.05) is 18.8 Å². The number of pyridine rings is 1. The molecule has 0 aliphatic carbocycles. The number of fused-ring (bicyclic) bond motifs is 1. The average molecular weight is 501 g/mol. The molecule has 9 heteroatoms. The highest BCUT2D eigenvalue weighted by Gasteiger charge is 2.38. The molecule has 0 saturated carbocycles. The topological polar surface area (TPSA) is 86.2 Å². The molecule has 1 aromatic carbocycles. The molecular weight excluding hydrogens is 464 g/mol. The van der Waals surface area contributed by atoms with Gasteiger partial charge in [0.15, 0.2) is 0 Å². The molecule has 8 nitrogen and oxygen atoms in total. The second-order valence-electron chi connectivity index (χ2n) is 9.49. The Morgan fingerprint density at radius 2 is 1.94 bits per heavy atom. The number of hydrogen-bond donors (Lipinski definition) is 1. The van der Waals surface area contributed by atoms with E-state index in [1.807, 2.05) is 45.1 Å². The minimum Gasteiger partial charge on any atom is -0.487 e. The lowest BCUT2D eigenvalue weighted by Crippen LogP contribution is -2.49. The van der Waals surface area contributed by atoms with E-state index in [0.717, 1.165) is 5.56 Å². The summed E-state index contributed by atoms with van der Waals surface area (Å²) in [6.07, 6.45) is 3.27. The molecule has 0 radical (unpaired) electrons. The van der Waals surface area contributed by atoms with Crippen molar-refractivity contribution in [2.75, 3.05) is 47.4 Å². The van der Waals surface area contributed by atoms with E-state index < -0.39 is 16.1 Å². The van der Waals surface area contributed by atoms with Gasteiger partial charge in [0.2, 0.25) is 10.0 Å². The Hall–Kier alpha value is -2.48. The summed E-state index contributed by atoms with van der Waals surface area (Å²) in [6.45, 7) is 5.61. The Kier molecular flexibility index (Phi) is 9.27. The third-order valence-electron chi connectivity index (χ3n) is 5.99. The molecule has 1 aromatic heterocycles. The Balaban J connectivity index is 1.97. The highest BCUT2D eigenvalue weighted by molar-refractivity contribution is 7.89. The van der Waals surface area contributed by atoms with E-state index in [4.69, 9.17) is 4.74 Å². The van der Waals surface area contributed by atoms with Crippen LogP contribution in [0, 0.1) is 17.8 Å². The van der Waals surface area contributed by atoms with E-state index in [1.54, 1.807) is 37.5 Å². The first-order chi connectivity index (χ1) is 16.6. The predicted octanol–water partition coefficient (Wildman–Crippen LogP) is 1.90. The number of aliphatic hydroxyl groups excluding tert-OH is 1. The molecule has 1 N–H and O–H groups in total. The molecule has 0 bridgehead atoms. The van der Waals surface area contributed by atoms with Crippen molar-refractivity contribution in [3.05, 3.63) is 53.9 Å². The predicted molar refractivity (Wildman–Crippen MR) is 136 cm³/mol. The Morgan fingerprint density at radius 1 is 1.23 bits per heavy atom. The van der Waals surface area contributed by atoms with Gasteiger partial charge in [0.25, 0.3) is 0 Å². The Labute approximate surface area is 209 Å². The molecule has 2 heterocycles. The van der Waals surface area contributed by atoms with Crippen LogP contribution in [0.5, 0.6) is 5.75 Å². The zero-order valence-electron chi connectivity index (χ0n) is 21.2. The van der Waals surface area contributed by atoms with Gasteiger partial charge in [-0.05, 0) is 64.0 Å². The summed E-state index contributed by atoms with van der Waals surface area (Å²) in [6, 6.07) is 8.39. The zero-order valence-corrected chi connectivity index (χ0v) is 22.0. The molecule has 0 spiro atoms. The normalized spacial score (nSPS) is 20.8. The first-order valence-corrected chi connectivity index (χ1v) is 13.2. The van der Waals surface area contributed by atoms with Gasteiger partial charge in [-0.15, -0.1) is 0 Å². The summed E-state index contributed by atoms with van der Waals surface area (Å²) in [4.78, 5) is 8.30. The molecule has 190 valence electrons. The fourth-order valence-electron chi connectivity index (χ4n) is 3.99. The van der Waals surface area contributed by atoms with E-state index in [9.17, 15) is 13.5 Å². The SMILES string of the molecule is C[C@H](CO)N1C[C@H](C)[C@H](CN(C)Cc2ccncc2)Oc2cc(C#CCN(C)C)ccc2S1(=O)=O. The smallest absolute Gasteiger partial charge is 0.247 e. The number of hydrogen-bond acceptors (Lipinski definition) is 7. The maximum atomic E-state index is 13.6. The van der Waals surface area contributed by atoms with Crippen LogP contribution in [-0.2, 0) is 16.6 Å². The van der Waals surface area contributed by atoms with Crippen molar-refractivity contribution in [3.8, 4) is 17.6 Å². The third kappa shape index (κ3) is 7.03. The number of nitrogens with zero attached hydrogens (tertiary/aromatic N) is 4. The van der Waals surface area contributed by atoms with Crippen molar-refractivity contribution in [1.82, 2.24) is 19.1 Å². The van der Waals surface area contributed by atoms with Crippen molar-refractivity contribution in [1.29, 1.82) is 0 Å². The quantitative estimate of drug-likeness (QED) is 0.581. The first-order valence-electron chi connectivity index (χ1n) is 11.8. The molecule has 0 fully saturated rings. The van der Waals surface area contributed by atoms with Crippen LogP contribution in [-0.4, -0.2) is 92.1 Å². The second kappa shape index (κ2) is 12.0. The summed E-state index contributed by atoms with van der Waals surface area (Å²) in [7, 11) is 2.03. The van der Waals surface area contributed by atoms with Crippen LogP contribution in [0.1, 0.15) is 25.0 Å². The van der Waals surface area contributed by atoms with Crippen LogP contribution in [0.25, 0.3) is 0 Å². The lowest BCUT2D eigenvalue weighted by Gasteiger charge is -2.37. The highest BCUT2D eigenvalue weighted by Crippen LogP contribution is 2.34. The number of benzene rings is 1. The zero-order chi connectivity index (χ0) is 25.6. The van der Waals surface area contributed by atoms with Crippen LogP contribution in [0.3, 0.4) is 0 Å². The van der Waals surface area contributed by atoms with Gasteiger partial charge in [-0.2, -0.15) is 4.31 Å². The minimum absolute atomic E-state index is 0.102. The maximum absolute atomic E-state index is 13.6. The van der Waals surface area contributed by atoms with Gasteiger partial charge in [-0.25, -0.2) is 8.42 Å². The average Bonchev–Trinajstić information content (AvgIpc) is 2.81. The van der Waals surface area contributed by atoms with Crippen molar-refractivity contribution in [2.45, 2.75) is 37.4 Å². The van der Waals surface area contributed by atoms with E-state index in [1.165, 1.54) is 4.31 Å². The second-order valence-corrected chi connectivity index (χ2v) is 11.4. The standard InChI is InChI=1S/C26H36N4O4S/c1-20-16-30(21(2)19-31)35(32,33)26-9-8-22(7-6-14-28(3)4)15-24(26)34-25(20)18-29(5)17-23-10-12-27-13-11-23/h8-13,15,20-21,25,31H,14,16-19H2,1-5H3/t20-,21+,25-/m0/s1. The van der Waals surface area contributed by atoms with Crippen LogP contribution in [0.2, 0.25) is 0 Å². The fourth-order valence-corrected chi connectivity index (χ4v) is 5.82. The van der Waals surface area contributed by atoms with Gasteiger partial charge in [0, 0.05) is 49.6 Å². The molecule has 0 amide bonds. The summed E-state index contributed by atoms with van der Waals surface area (Å²) in [5.74, 6) is 6.37. The molecular formula is C26H36N4O4S. The highest BCUT2D eigenvalue weighted by atomic mass is 32.2. The molecule has 1 aliphatic heterocycles. The van der Waals surface area contributed by atoms with Gasteiger partial charge >= 0.3 is 0 Å².